The third-order valence-electron chi connectivity index (χ3n) is 3.26. The highest BCUT2D eigenvalue weighted by Gasteiger charge is 2.23. The van der Waals surface area contributed by atoms with Crippen LogP contribution in [0.15, 0.2) is 0 Å². The number of hydrogen-bond acceptors (Lipinski definition) is 3. The van der Waals surface area contributed by atoms with Crippen molar-refractivity contribution >= 4 is 12.0 Å². The normalized spacial score (nSPS) is 16.3. The van der Waals surface area contributed by atoms with Gasteiger partial charge in [0.25, 0.3) is 0 Å². The average Bonchev–Trinajstić information content (AvgIpc) is 2.62. The van der Waals surface area contributed by atoms with Crippen LogP contribution < -0.4 is 0 Å². The fraction of sp³-hybridized carbons (Fsp3) is 0.714. The van der Waals surface area contributed by atoms with Crippen LogP contribution in [-0.2, 0) is 4.79 Å². The highest BCUT2D eigenvalue weighted by molar-refractivity contribution is 5.75. The van der Waals surface area contributed by atoms with Gasteiger partial charge in [-0.05, 0) is 12.8 Å². The van der Waals surface area contributed by atoms with Gasteiger partial charge in [0.15, 0.2) is 0 Å². The summed E-state index contributed by atoms with van der Waals surface area (Å²) in [6, 6.07) is -0.0398. The number of carbonyl (C=O) groups is 2. The molecule has 0 unspecified atom stereocenters. The summed E-state index contributed by atoms with van der Waals surface area (Å²) in [5.41, 5.74) is 0. The zero-order valence-electron chi connectivity index (χ0n) is 12.0. The molecule has 0 aromatic rings. The largest absolute Gasteiger partial charge is 0.480 e. The Labute approximate surface area is 120 Å². The maximum absolute atomic E-state index is 12.4. The summed E-state index contributed by atoms with van der Waals surface area (Å²) in [6.07, 6.45) is 6.95. The molecule has 0 aromatic carbocycles. The van der Waals surface area contributed by atoms with Gasteiger partial charge in [-0.25, -0.2) is 4.79 Å². The molecular weight excluding hydrogens is 258 g/mol. The number of terminal acetylenes is 1. The molecule has 1 aliphatic heterocycles. The van der Waals surface area contributed by atoms with Gasteiger partial charge in [-0.1, -0.05) is 12.8 Å². The van der Waals surface area contributed by atoms with E-state index in [0.29, 0.717) is 39.3 Å². The Balaban J connectivity index is 2.56. The van der Waals surface area contributed by atoms with Gasteiger partial charge in [0.1, 0.15) is 0 Å². The van der Waals surface area contributed by atoms with Gasteiger partial charge in [0, 0.05) is 32.7 Å². The van der Waals surface area contributed by atoms with Crippen LogP contribution in [0.5, 0.6) is 0 Å². The molecule has 1 rings (SSSR count). The number of carboxylic acid groups (broad SMARTS) is 1. The predicted molar refractivity (Wildman–Crippen MR) is 76.4 cm³/mol. The van der Waals surface area contributed by atoms with Gasteiger partial charge in [-0.2, -0.15) is 0 Å². The fourth-order valence-corrected chi connectivity index (χ4v) is 2.33. The molecule has 20 heavy (non-hydrogen) atoms. The second-order valence-electron chi connectivity index (χ2n) is 4.92. The van der Waals surface area contributed by atoms with Crippen LogP contribution in [0.2, 0.25) is 0 Å². The van der Waals surface area contributed by atoms with Crippen LogP contribution in [-0.4, -0.2) is 77.6 Å². The number of urea groups is 1. The quantitative estimate of drug-likeness (QED) is 0.747. The molecule has 0 radical (unpaired) electrons. The molecule has 0 saturated carbocycles. The number of carbonyl (C=O) groups excluding carboxylic acids is 1. The van der Waals surface area contributed by atoms with E-state index in [1.54, 1.807) is 9.80 Å². The summed E-state index contributed by atoms with van der Waals surface area (Å²) in [6.45, 7) is 5.52. The number of rotatable bonds is 5. The molecule has 1 aliphatic rings. The van der Waals surface area contributed by atoms with Crippen molar-refractivity contribution in [1.82, 2.24) is 14.7 Å². The van der Waals surface area contributed by atoms with Gasteiger partial charge in [-0.3, -0.25) is 9.69 Å². The van der Waals surface area contributed by atoms with Crippen molar-refractivity contribution < 1.29 is 14.7 Å². The lowest BCUT2D eigenvalue weighted by Crippen LogP contribution is -2.45. The Kier molecular flexibility index (Phi) is 6.88. The van der Waals surface area contributed by atoms with E-state index >= 15 is 0 Å². The van der Waals surface area contributed by atoms with E-state index in [4.69, 9.17) is 11.5 Å². The second-order valence-corrected chi connectivity index (χ2v) is 4.92. The van der Waals surface area contributed by atoms with Crippen LogP contribution in [0.3, 0.4) is 0 Å². The third kappa shape index (κ3) is 5.10. The Bertz CT molecular complexity index is 378. The van der Waals surface area contributed by atoms with Gasteiger partial charge >= 0.3 is 12.0 Å². The summed E-state index contributed by atoms with van der Waals surface area (Å²) < 4.78 is 0. The minimum atomic E-state index is -0.829. The number of amides is 2. The minimum absolute atomic E-state index is 0.0328. The first-order valence-electron chi connectivity index (χ1n) is 7.00. The van der Waals surface area contributed by atoms with Crippen molar-refractivity contribution in [3.8, 4) is 12.3 Å². The van der Waals surface area contributed by atoms with Crippen molar-refractivity contribution in [1.29, 1.82) is 0 Å². The summed E-state index contributed by atoms with van der Waals surface area (Å²) in [4.78, 5) is 28.4. The molecule has 1 heterocycles. The molecular formula is C14H23N3O3. The summed E-state index contributed by atoms with van der Waals surface area (Å²) >= 11 is 0. The van der Waals surface area contributed by atoms with Crippen LogP contribution in [0.25, 0.3) is 0 Å². The molecule has 0 spiro atoms. The maximum Gasteiger partial charge on any atom is 0.320 e. The zero-order chi connectivity index (χ0) is 15.0. The molecule has 1 fully saturated rings. The van der Waals surface area contributed by atoms with E-state index in [1.807, 2.05) is 11.8 Å². The molecule has 6 heteroatoms. The van der Waals surface area contributed by atoms with Crippen LogP contribution in [0.4, 0.5) is 4.79 Å². The van der Waals surface area contributed by atoms with Crippen LogP contribution in [0, 0.1) is 12.3 Å². The molecule has 0 atom stereocenters. The molecule has 2 amide bonds. The van der Waals surface area contributed by atoms with Crippen molar-refractivity contribution in [2.75, 3.05) is 45.8 Å². The lowest BCUT2D eigenvalue weighted by Gasteiger charge is -2.28. The SMILES string of the molecule is C#CCN(CCC)C(=O)N1CCCN(CC(=O)O)CC1. The van der Waals surface area contributed by atoms with E-state index < -0.39 is 5.97 Å². The molecule has 112 valence electrons. The number of aliphatic carboxylic acids is 1. The van der Waals surface area contributed by atoms with Gasteiger partial charge in [-0.15, -0.1) is 6.42 Å². The third-order valence-corrected chi connectivity index (χ3v) is 3.26. The topological polar surface area (TPSA) is 64.1 Å². The average molecular weight is 281 g/mol. The molecule has 0 bridgehead atoms. The predicted octanol–water partition coefficient (Wildman–Crippen LogP) is 0.544. The van der Waals surface area contributed by atoms with Crippen LogP contribution in [0.1, 0.15) is 19.8 Å². The lowest BCUT2D eigenvalue weighted by atomic mass is 10.3. The highest BCUT2D eigenvalue weighted by atomic mass is 16.4. The Morgan fingerprint density at radius 2 is 2.05 bits per heavy atom. The summed E-state index contributed by atoms with van der Waals surface area (Å²) in [5, 5.41) is 8.81. The van der Waals surface area contributed by atoms with E-state index in [2.05, 4.69) is 5.92 Å². The van der Waals surface area contributed by atoms with Crippen molar-refractivity contribution in [3.63, 3.8) is 0 Å². The minimum Gasteiger partial charge on any atom is -0.480 e. The molecule has 0 aromatic heterocycles. The summed E-state index contributed by atoms with van der Waals surface area (Å²) in [7, 11) is 0. The molecule has 6 nitrogen and oxygen atoms in total. The van der Waals surface area contributed by atoms with Gasteiger partial charge in [0.2, 0.25) is 0 Å². The van der Waals surface area contributed by atoms with E-state index in [0.717, 1.165) is 12.8 Å². The fourth-order valence-electron chi connectivity index (χ4n) is 2.33. The molecule has 0 aliphatic carbocycles. The van der Waals surface area contributed by atoms with Crippen molar-refractivity contribution in [2.24, 2.45) is 0 Å². The first-order chi connectivity index (χ1) is 9.58. The lowest BCUT2D eigenvalue weighted by molar-refractivity contribution is -0.138. The van der Waals surface area contributed by atoms with Gasteiger partial charge in [0.05, 0.1) is 13.1 Å². The maximum atomic E-state index is 12.4. The monoisotopic (exact) mass is 281 g/mol. The first-order valence-corrected chi connectivity index (χ1v) is 7.00. The Morgan fingerprint density at radius 1 is 1.30 bits per heavy atom. The molecule has 1 saturated heterocycles. The van der Waals surface area contributed by atoms with Crippen LogP contribution >= 0.6 is 0 Å². The first kappa shape index (κ1) is 16.3. The highest BCUT2D eigenvalue weighted by Crippen LogP contribution is 2.07. The van der Waals surface area contributed by atoms with Crippen molar-refractivity contribution in [2.45, 2.75) is 19.8 Å². The Morgan fingerprint density at radius 3 is 2.65 bits per heavy atom. The van der Waals surface area contributed by atoms with Gasteiger partial charge < -0.3 is 14.9 Å². The van der Waals surface area contributed by atoms with E-state index in [1.165, 1.54) is 0 Å². The van der Waals surface area contributed by atoms with Crippen molar-refractivity contribution in [3.05, 3.63) is 0 Å². The number of hydrogen-bond donors (Lipinski definition) is 1. The standard InChI is InChI=1S/C14H23N3O3/c1-3-6-16(7-4-2)14(20)17-9-5-8-15(10-11-17)12-13(18)19/h1H,4-12H2,2H3,(H,18,19). The number of carboxylic acids is 1. The van der Waals surface area contributed by atoms with E-state index in [-0.39, 0.29) is 12.6 Å². The molecule has 1 N–H and O–H groups in total. The van der Waals surface area contributed by atoms with E-state index in [9.17, 15) is 9.59 Å². The Hall–Kier alpha value is -1.74. The smallest absolute Gasteiger partial charge is 0.320 e. The second kappa shape index (κ2) is 8.43. The summed E-state index contributed by atoms with van der Waals surface area (Å²) in [5.74, 6) is 1.68. The number of nitrogens with zero attached hydrogens (tertiary/aromatic N) is 3. The zero-order valence-corrected chi connectivity index (χ0v) is 12.0.